The van der Waals surface area contributed by atoms with E-state index >= 15 is 0 Å². The first-order valence-electron chi connectivity index (χ1n) is 4.58. The maximum atomic E-state index is 12.9. The second-order valence-corrected chi connectivity index (χ2v) is 3.25. The van der Waals surface area contributed by atoms with Crippen molar-refractivity contribution in [3.63, 3.8) is 0 Å². The Morgan fingerprint density at radius 1 is 1.67 bits per heavy atom. The van der Waals surface area contributed by atoms with Crippen LogP contribution in [0.5, 0.6) is 0 Å². The molecule has 0 aliphatic carbocycles. The molecule has 1 aromatic rings. The summed E-state index contributed by atoms with van der Waals surface area (Å²) in [5.74, 6) is -0.178. The van der Waals surface area contributed by atoms with Crippen LogP contribution in [-0.4, -0.2) is 17.6 Å². The monoisotopic (exact) mass is 211 g/mol. The SMILES string of the molecule is C[C@@H](NC/C(N)=N/O)c1cccc(F)c1. The molecule has 1 aromatic carbocycles. The lowest BCUT2D eigenvalue weighted by Gasteiger charge is -2.13. The third-order valence-corrected chi connectivity index (χ3v) is 2.07. The molecule has 0 aliphatic heterocycles. The van der Waals surface area contributed by atoms with Crippen LogP contribution in [0.1, 0.15) is 18.5 Å². The van der Waals surface area contributed by atoms with Crippen molar-refractivity contribution in [3.05, 3.63) is 35.6 Å². The summed E-state index contributed by atoms with van der Waals surface area (Å²) in [6, 6.07) is 6.24. The van der Waals surface area contributed by atoms with Crippen molar-refractivity contribution in [1.82, 2.24) is 5.32 Å². The number of benzene rings is 1. The lowest BCUT2D eigenvalue weighted by molar-refractivity contribution is 0.316. The molecule has 0 saturated carbocycles. The highest BCUT2D eigenvalue weighted by atomic mass is 19.1. The fourth-order valence-corrected chi connectivity index (χ4v) is 1.19. The smallest absolute Gasteiger partial charge is 0.153 e. The Morgan fingerprint density at radius 2 is 2.40 bits per heavy atom. The molecular weight excluding hydrogens is 197 g/mol. The maximum absolute atomic E-state index is 12.9. The lowest BCUT2D eigenvalue weighted by atomic mass is 10.1. The molecule has 0 aromatic heterocycles. The summed E-state index contributed by atoms with van der Waals surface area (Å²) in [6.45, 7) is 2.13. The first kappa shape index (κ1) is 11.5. The molecular formula is C10H14FN3O. The van der Waals surface area contributed by atoms with Crippen molar-refractivity contribution in [2.75, 3.05) is 6.54 Å². The van der Waals surface area contributed by atoms with Crippen molar-refractivity contribution < 1.29 is 9.60 Å². The van der Waals surface area contributed by atoms with Crippen LogP contribution in [0.2, 0.25) is 0 Å². The Bertz CT molecular complexity index is 354. The third kappa shape index (κ3) is 3.55. The fourth-order valence-electron chi connectivity index (χ4n) is 1.19. The van der Waals surface area contributed by atoms with Gasteiger partial charge in [-0.2, -0.15) is 0 Å². The van der Waals surface area contributed by atoms with Gasteiger partial charge in [0.05, 0.1) is 6.54 Å². The molecule has 4 nitrogen and oxygen atoms in total. The van der Waals surface area contributed by atoms with Crippen molar-refractivity contribution in [1.29, 1.82) is 0 Å². The fraction of sp³-hybridized carbons (Fsp3) is 0.300. The van der Waals surface area contributed by atoms with Gasteiger partial charge in [0.1, 0.15) is 5.82 Å². The Hall–Kier alpha value is -1.62. The topological polar surface area (TPSA) is 70.6 Å². The summed E-state index contributed by atoms with van der Waals surface area (Å²) in [5, 5.41) is 14.1. The molecule has 4 N–H and O–H groups in total. The number of halogens is 1. The van der Waals surface area contributed by atoms with Gasteiger partial charge in [0.15, 0.2) is 5.84 Å². The third-order valence-electron chi connectivity index (χ3n) is 2.07. The van der Waals surface area contributed by atoms with E-state index in [0.29, 0.717) is 0 Å². The zero-order chi connectivity index (χ0) is 11.3. The normalized spacial score (nSPS) is 13.9. The Balaban J connectivity index is 2.57. The Kier molecular flexibility index (Phi) is 4.05. The highest BCUT2D eigenvalue weighted by Gasteiger charge is 2.05. The molecule has 0 bridgehead atoms. The van der Waals surface area contributed by atoms with E-state index in [2.05, 4.69) is 10.5 Å². The van der Waals surface area contributed by atoms with E-state index in [1.54, 1.807) is 6.07 Å². The molecule has 0 heterocycles. The van der Waals surface area contributed by atoms with Crippen molar-refractivity contribution >= 4 is 5.84 Å². The van der Waals surface area contributed by atoms with Crippen LogP contribution >= 0.6 is 0 Å². The second-order valence-electron chi connectivity index (χ2n) is 3.25. The number of nitrogens with zero attached hydrogens (tertiary/aromatic N) is 1. The molecule has 0 unspecified atom stereocenters. The van der Waals surface area contributed by atoms with Crippen LogP contribution in [-0.2, 0) is 0 Å². The molecule has 0 amide bonds. The first-order chi connectivity index (χ1) is 7.13. The van der Waals surface area contributed by atoms with Gasteiger partial charge < -0.3 is 16.3 Å². The zero-order valence-corrected chi connectivity index (χ0v) is 8.44. The van der Waals surface area contributed by atoms with E-state index in [-0.39, 0.29) is 24.2 Å². The summed E-state index contributed by atoms with van der Waals surface area (Å²) in [5.41, 5.74) is 6.11. The summed E-state index contributed by atoms with van der Waals surface area (Å²) in [4.78, 5) is 0. The standard InChI is InChI=1S/C10H14FN3O/c1-7(13-6-10(12)14-15)8-3-2-4-9(11)5-8/h2-5,7,13,15H,6H2,1H3,(H2,12,14)/t7-/m1/s1. The molecule has 0 aliphatic rings. The molecule has 0 fully saturated rings. The minimum Gasteiger partial charge on any atom is -0.409 e. The van der Waals surface area contributed by atoms with Crippen LogP contribution in [0.25, 0.3) is 0 Å². The van der Waals surface area contributed by atoms with Crippen molar-refractivity contribution in [2.24, 2.45) is 10.9 Å². The molecule has 15 heavy (non-hydrogen) atoms. The van der Waals surface area contributed by atoms with Gasteiger partial charge in [0, 0.05) is 6.04 Å². The van der Waals surface area contributed by atoms with Crippen LogP contribution in [0, 0.1) is 5.82 Å². The molecule has 82 valence electrons. The van der Waals surface area contributed by atoms with Crippen molar-refractivity contribution in [2.45, 2.75) is 13.0 Å². The average Bonchev–Trinajstić information content (AvgIpc) is 2.25. The predicted octanol–water partition coefficient (Wildman–Crippen LogP) is 1.22. The van der Waals surface area contributed by atoms with Crippen LogP contribution < -0.4 is 11.1 Å². The first-order valence-corrected chi connectivity index (χ1v) is 4.58. The molecule has 1 rings (SSSR count). The van der Waals surface area contributed by atoms with Crippen LogP contribution in [0.15, 0.2) is 29.4 Å². The van der Waals surface area contributed by atoms with Crippen LogP contribution in [0.3, 0.4) is 0 Å². The number of nitrogens with two attached hydrogens (primary N) is 1. The molecule has 0 radical (unpaired) electrons. The van der Waals surface area contributed by atoms with Crippen molar-refractivity contribution in [3.8, 4) is 0 Å². The number of nitrogens with one attached hydrogen (secondary N) is 1. The number of hydrogen-bond donors (Lipinski definition) is 3. The summed E-state index contributed by atoms with van der Waals surface area (Å²) < 4.78 is 12.9. The minimum absolute atomic E-state index is 0.0546. The predicted molar refractivity (Wildman–Crippen MR) is 56.2 cm³/mol. The van der Waals surface area contributed by atoms with E-state index in [4.69, 9.17) is 10.9 Å². The highest BCUT2D eigenvalue weighted by molar-refractivity contribution is 5.81. The summed E-state index contributed by atoms with van der Waals surface area (Å²) >= 11 is 0. The number of hydrogen-bond acceptors (Lipinski definition) is 3. The Labute approximate surface area is 87.6 Å². The molecule has 0 spiro atoms. The van der Waals surface area contributed by atoms with Gasteiger partial charge in [-0.3, -0.25) is 0 Å². The van der Waals surface area contributed by atoms with Gasteiger partial charge >= 0.3 is 0 Å². The van der Waals surface area contributed by atoms with Gasteiger partial charge in [0.25, 0.3) is 0 Å². The van der Waals surface area contributed by atoms with E-state index in [1.165, 1.54) is 12.1 Å². The zero-order valence-electron chi connectivity index (χ0n) is 8.44. The van der Waals surface area contributed by atoms with E-state index in [9.17, 15) is 4.39 Å². The summed E-state index contributed by atoms with van der Waals surface area (Å²) in [6.07, 6.45) is 0. The van der Waals surface area contributed by atoms with E-state index in [1.807, 2.05) is 13.0 Å². The summed E-state index contributed by atoms with van der Waals surface area (Å²) in [7, 11) is 0. The lowest BCUT2D eigenvalue weighted by Crippen LogP contribution is -2.30. The van der Waals surface area contributed by atoms with Gasteiger partial charge in [-0.25, -0.2) is 4.39 Å². The average molecular weight is 211 g/mol. The van der Waals surface area contributed by atoms with Gasteiger partial charge in [0.2, 0.25) is 0 Å². The Morgan fingerprint density at radius 3 is 3.00 bits per heavy atom. The second kappa shape index (κ2) is 5.31. The van der Waals surface area contributed by atoms with Gasteiger partial charge in [-0.15, -0.1) is 0 Å². The van der Waals surface area contributed by atoms with Gasteiger partial charge in [-0.1, -0.05) is 17.3 Å². The number of oxime groups is 1. The molecule has 0 saturated heterocycles. The molecule has 1 atom stereocenters. The number of rotatable bonds is 4. The van der Waals surface area contributed by atoms with E-state index < -0.39 is 0 Å². The van der Waals surface area contributed by atoms with Crippen LogP contribution in [0.4, 0.5) is 4.39 Å². The largest absolute Gasteiger partial charge is 0.409 e. The molecule has 5 heteroatoms. The number of amidine groups is 1. The minimum atomic E-state index is -0.273. The van der Waals surface area contributed by atoms with Gasteiger partial charge in [-0.05, 0) is 24.6 Å². The van der Waals surface area contributed by atoms with E-state index in [0.717, 1.165) is 5.56 Å². The quantitative estimate of drug-likeness (QED) is 0.303. The highest BCUT2D eigenvalue weighted by Crippen LogP contribution is 2.12. The maximum Gasteiger partial charge on any atom is 0.153 e.